The van der Waals surface area contributed by atoms with E-state index < -0.39 is 41.5 Å². The molecule has 0 fully saturated rings. The number of methoxy groups -OCH3 is 3. The van der Waals surface area contributed by atoms with E-state index in [4.69, 9.17) is 14.2 Å². The molecule has 0 aliphatic rings. The van der Waals surface area contributed by atoms with E-state index in [1.54, 1.807) is 12.1 Å². The van der Waals surface area contributed by atoms with Crippen LogP contribution in [0.3, 0.4) is 0 Å². The van der Waals surface area contributed by atoms with Gasteiger partial charge in [-0.1, -0.05) is 18.2 Å². The molecule has 0 radical (unpaired) electrons. The second-order valence-electron chi connectivity index (χ2n) is 9.84. The maximum absolute atomic E-state index is 12.3. The van der Waals surface area contributed by atoms with Crippen LogP contribution in [0.2, 0.25) is 0 Å². The van der Waals surface area contributed by atoms with Gasteiger partial charge >= 0.3 is 59.1 Å². The number of anilines is 2. The summed E-state index contributed by atoms with van der Waals surface area (Å²) in [6, 6.07) is 21.3. The van der Waals surface area contributed by atoms with Gasteiger partial charge in [-0.25, -0.2) is 16.8 Å². The van der Waals surface area contributed by atoms with Gasteiger partial charge in [0, 0.05) is 28.9 Å². The van der Waals surface area contributed by atoms with Gasteiger partial charge < -0.3 is 33.7 Å². The van der Waals surface area contributed by atoms with E-state index in [9.17, 15) is 31.0 Å². The van der Waals surface area contributed by atoms with Crippen molar-refractivity contribution in [1.29, 1.82) is 0 Å². The number of nitrogens with zero attached hydrogens (tertiary/aromatic N) is 4. The summed E-state index contributed by atoms with van der Waals surface area (Å²) in [5.74, 6) is -0.431. The fraction of sp³-hybridized carbons (Fsp3) is 0.0968. The number of hydrogen-bond donors (Lipinski definition) is 2. The first kappa shape index (κ1) is 40.8. The van der Waals surface area contributed by atoms with Gasteiger partial charge in [0.2, 0.25) is 0 Å². The Kier molecular flexibility index (Phi) is 13.9. The van der Waals surface area contributed by atoms with Crippen molar-refractivity contribution in [2.75, 3.05) is 26.6 Å². The van der Waals surface area contributed by atoms with Gasteiger partial charge in [0.25, 0.3) is 0 Å². The average molecular weight is 738 g/mol. The maximum Gasteiger partial charge on any atom is 1.00 e. The Balaban J connectivity index is 0.00000338. The molecule has 5 aromatic carbocycles. The van der Waals surface area contributed by atoms with Gasteiger partial charge in [0.15, 0.2) is 5.75 Å². The Hall–Kier alpha value is -3.62. The Morgan fingerprint density at radius 3 is 1.76 bits per heavy atom. The summed E-state index contributed by atoms with van der Waals surface area (Å²) < 4.78 is 88.0. The molecular weight excluding hydrogens is 712 g/mol. The van der Waals surface area contributed by atoms with Crippen molar-refractivity contribution >= 4 is 65.1 Å². The molecule has 0 saturated heterocycles. The molecule has 0 heterocycles. The molecule has 0 atom stereocenters. The van der Waals surface area contributed by atoms with Crippen LogP contribution >= 0.6 is 0 Å². The third-order valence-electron chi connectivity index (χ3n) is 6.82. The van der Waals surface area contributed by atoms with E-state index in [1.807, 2.05) is 30.3 Å². The van der Waals surface area contributed by atoms with E-state index in [-0.39, 0.29) is 104 Å². The first-order valence-corrected chi connectivity index (χ1v) is 16.4. The van der Waals surface area contributed by atoms with Crippen LogP contribution in [0.4, 0.5) is 34.1 Å². The fourth-order valence-electron chi connectivity index (χ4n) is 4.54. The summed E-state index contributed by atoms with van der Waals surface area (Å²) in [4.78, 5) is -1.47. The topological polar surface area (TPSA) is 224 Å². The Labute approximate surface area is 331 Å². The van der Waals surface area contributed by atoms with Crippen LogP contribution < -0.4 is 78.6 Å². The smallest absolute Gasteiger partial charge is 0.744 e. The van der Waals surface area contributed by atoms with Crippen molar-refractivity contribution in [3.8, 4) is 23.0 Å². The van der Waals surface area contributed by atoms with E-state index in [2.05, 4.69) is 25.8 Å². The monoisotopic (exact) mass is 737 g/mol. The van der Waals surface area contributed by atoms with Crippen molar-refractivity contribution in [3.05, 3.63) is 84.9 Å². The van der Waals surface area contributed by atoms with E-state index in [0.29, 0.717) is 5.69 Å². The van der Waals surface area contributed by atoms with Crippen LogP contribution in [0, 0.1) is 0 Å². The molecule has 0 aliphatic carbocycles. The first-order valence-electron chi connectivity index (χ1n) is 13.6. The number of hydrogen-bond acceptors (Lipinski definition) is 15. The van der Waals surface area contributed by atoms with Gasteiger partial charge in [-0.15, -0.1) is 20.5 Å². The molecule has 0 aliphatic heterocycles. The molecule has 19 heteroatoms. The molecule has 5 aromatic rings. The quantitative estimate of drug-likeness (QED) is 0.110. The summed E-state index contributed by atoms with van der Waals surface area (Å²) in [5, 5.41) is 30.6. The van der Waals surface area contributed by atoms with Gasteiger partial charge in [-0.3, -0.25) is 0 Å². The molecule has 0 aromatic heterocycles. The second-order valence-corrected chi connectivity index (χ2v) is 12.5. The Bertz CT molecular complexity index is 2310. The minimum atomic E-state index is -5.15. The molecule has 0 bridgehead atoms. The van der Waals surface area contributed by atoms with Crippen LogP contribution in [0.15, 0.2) is 115 Å². The summed E-state index contributed by atoms with van der Waals surface area (Å²) in [7, 11) is -6.21. The molecule has 15 nitrogen and oxygen atoms in total. The standard InChI is InChI=1S/C31H27N5O10S2.2Na/c1-44-21-10-12-23(28(15-21)47(38,39)40)33-34-24-16-27(46-3)25(17-26(24)45-2)35-36-30-29(48(41,42)43)14-18-13-20(9-11-22(18)31(30)37)32-19-7-5-4-6-8-19;;/h4-17,32,37H,1-3H3,(H,38,39,40)(H,41,42,43);;/q;2*+1/p-2. The number of azo groups is 2. The third kappa shape index (κ3) is 9.38. The number of phenolic OH excluding ortho intramolecular Hbond substituents is 1. The van der Waals surface area contributed by atoms with Crippen molar-refractivity contribution in [3.63, 3.8) is 0 Å². The zero-order valence-corrected chi connectivity index (χ0v) is 32.9. The summed E-state index contributed by atoms with van der Waals surface area (Å²) >= 11 is 0. The fourth-order valence-corrected chi connectivity index (χ4v) is 5.81. The minimum absolute atomic E-state index is 0. The minimum Gasteiger partial charge on any atom is -0.744 e. The van der Waals surface area contributed by atoms with Gasteiger partial charge in [0.1, 0.15) is 60.2 Å². The van der Waals surface area contributed by atoms with Crippen LogP contribution in [-0.4, -0.2) is 52.4 Å². The van der Waals surface area contributed by atoms with E-state index in [0.717, 1.165) is 17.8 Å². The SMILES string of the molecule is COc1ccc(N=Nc2cc(OC)c(N=Nc3c(S(=O)(=O)[O-])cc4cc(Nc5ccccc5)ccc4c3O)cc2OC)c(S(=O)(=O)[O-])c1.[Na+].[Na+]. The molecule has 5 rings (SSSR count). The Morgan fingerprint density at radius 1 is 0.620 bits per heavy atom. The molecule has 0 unspecified atom stereocenters. The molecule has 248 valence electrons. The van der Waals surface area contributed by atoms with Crippen LogP contribution in [-0.2, 0) is 20.2 Å². The number of ether oxygens (including phenoxy) is 3. The predicted molar refractivity (Wildman–Crippen MR) is 172 cm³/mol. The Morgan fingerprint density at radius 2 is 1.20 bits per heavy atom. The van der Waals surface area contributed by atoms with Crippen LogP contribution in [0.5, 0.6) is 23.0 Å². The molecule has 0 spiro atoms. The van der Waals surface area contributed by atoms with E-state index >= 15 is 0 Å². The summed E-state index contributed by atoms with van der Waals surface area (Å²) in [6.45, 7) is 0. The second kappa shape index (κ2) is 17.1. The maximum atomic E-state index is 12.3. The molecule has 0 saturated carbocycles. The number of phenols is 1. The predicted octanol–water partition coefficient (Wildman–Crippen LogP) is 0.962. The van der Waals surface area contributed by atoms with Crippen molar-refractivity contribution in [2.45, 2.75) is 9.79 Å². The number of benzene rings is 5. The average Bonchev–Trinajstić information content (AvgIpc) is 3.06. The van der Waals surface area contributed by atoms with Crippen LogP contribution in [0.1, 0.15) is 0 Å². The largest absolute Gasteiger partial charge is 1.00 e. The number of aromatic hydroxyl groups is 1. The number of para-hydroxylation sites is 1. The third-order valence-corrected chi connectivity index (χ3v) is 8.54. The number of nitrogens with one attached hydrogen (secondary N) is 1. The van der Waals surface area contributed by atoms with Crippen molar-refractivity contribution < 1.29 is 104 Å². The van der Waals surface area contributed by atoms with Crippen molar-refractivity contribution in [2.24, 2.45) is 20.5 Å². The summed E-state index contributed by atoms with van der Waals surface area (Å²) in [6.07, 6.45) is 0. The van der Waals surface area contributed by atoms with Gasteiger partial charge in [-0.05, 0) is 60.0 Å². The molecular formula is C31H25N5Na2O10S2. The first-order chi connectivity index (χ1) is 22.8. The molecule has 2 N–H and O–H groups in total. The molecule has 0 amide bonds. The number of fused-ring (bicyclic) bond motifs is 1. The van der Waals surface area contributed by atoms with E-state index in [1.165, 1.54) is 51.7 Å². The molecule has 50 heavy (non-hydrogen) atoms. The van der Waals surface area contributed by atoms with Crippen LogP contribution in [0.25, 0.3) is 10.8 Å². The number of rotatable bonds is 11. The van der Waals surface area contributed by atoms with Gasteiger partial charge in [-0.2, -0.15) is 0 Å². The van der Waals surface area contributed by atoms with Gasteiger partial charge in [0.05, 0.1) is 31.1 Å². The van der Waals surface area contributed by atoms with Crippen molar-refractivity contribution in [1.82, 2.24) is 0 Å². The zero-order chi connectivity index (χ0) is 34.6. The zero-order valence-electron chi connectivity index (χ0n) is 27.3. The normalized spacial score (nSPS) is 11.6. The summed E-state index contributed by atoms with van der Waals surface area (Å²) in [5.41, 5.74) is 0.463.